The smallest absolute Gasteiger partial charge is 0.255 e. The summed E-state index contributed by atoms with van der Waals surface area (Å²) in [6, 6.07) is 20.9. The van der Waals surface area contributed by atoms with Crippen molar-refractivity contribution >= 4 is 29.1 Å². The zero-order valence-corrected chi connectivity index (χ0v) is 29.9. The van der Waals surface area contributed by atoms with E-state index in [-0.39, 0.29) is 24.1 Å². The molecule has 3 aromatic rings. The van der Waals surface area contributed by atoms with E-state index in [1.165, 1.54) is 54.5 Å². The van der Waals surface area contributed by atoms with Crippen molar-refractivity contribution in [3.05, 3.63) is 88.5 Å². The summed E-state index contributed by atoms with van der Waals surface area (Å²) in [5.74, 6) is 1.38. The second-order valence-corrected chi connectivity index (χ2v) is 15.5. The maximum Gasteiger partial charge on any atom is 0.255 e. The van der Waals surface area contributed by atoms with Crippen LogP contribution in [-0.2, 0) is 22.6 Å². The van der Waals surface area contributed by atoms with E-state index in [0.29, 0.717) is 42.0 Å². The largest absolute Gasteiger partial charge is 0.508 e. The average molecular weight is 690 g/mol. The molecule has 1 aliphatic carbocycles. The number of nitrogens with one attached hydrogen (secondary N) is 1. The Morgan fingerprint density at radius 3 is 2.25 bits per heavy atom. The molecule has 0 saturated carbocycles. The zero-order chi connectivity index (χ0) is 35.1. The van der Waals surface area contributed by atoms with Crippen LogP contribution in [0, 0.1) is 11.8 Å². The number of hydrogen-bond donors (Lipinski definition) is 2. The van der Waals surface area contributed by atoms with Gasteiger partial charge in [0.05, 0.1) is 0 Å². The van der Waals surface area contributed by atoms with Crippen LogP contribution in [0.2, 0.25) is 0 Å². The highest BCUT2D eigenvalue weighted by molar-refractivity contribution is 6.05. The number of benzene rings is 3. The predicted octanol–water partition coefficient (Wildman–Crippen LogP) is 5.69. The van der Waals surface area contributed by atoms with Crippen molar-refractivity contribution in [1.82, 2.24) is 15.1 Å². The Balaban J connectivity index is 0.822. The van der Waals surface area contributed by atoms with Gasteiger partial charge in [0.25, 0.3) is 5.91 Å². The van der Waals surface area contributed by atoms with Crippen molar-refractivity contribution in [3.8, 4) is 5.75 Å². The summed E-state index contributed by atoms with van der Waals surface area (Å²) in [6.07, 6.45) is 7.74. The van der Waals surface area contributed by atoms with Gasteiger partial charge < -0.3 is 19.8 Å². The fourth-order valence-corrected chi connectivity index (χ4v) is 9.58. The van der Waals surface area contributed by atoms with Gasteiger partial charge >= 0.3 is 0 Å². The molecule has 2 N–H and O–H groups in total. The van der Waals surface area contributed by atoms with Gasteiger partial charge in [-0.15, -0.1) is 0 Å². The summed E-state index contributed by atoms with van der Waals surface area (Å²) in [5, 5.41) is 12.5. The monoisotopic (exact) mass is 689 g/mol. The number of amides is 3. The molecule has 3 fully saturated rings. The number of phenols is 1. The van der Waals surface area contributed by atoms with Gasteiger partial charge in [-0.3, -0.25) is 24.6 Å². The summed E-state index contributed by atoms with van der Waals surface area (Å²) < 4.78 is 0. The number of piperidine rings is 2. The SMILES string of the molecule is CCC[C@H]1CCc2cc(O)ccc2[C@H]1c1ccc(N2CCC(CN3CCN(c4ccc5c(c4)CN([C@@H]4CCC(=O)NC4=O)C5=O)CC3)CC2)cc1. The lowest BCUT2D eigenvalue weighted by atomic mass is 9.70. The lowest BCUT2D eigenvalue weighted by molar-refractivity contribution is -0.136. The van der Waals surface area contributed by atoms with Crippen molar-refractivity contribution in [3.63, 3.8) is 0 Å². The molecule has 3 aromatic carbocycles. The number of nitrogens with zero attached hydrogens (tertiary/aromatic N) is 4. The van der Waals surface area contributed by atoms with Crippen LogP contribution in [0.1, 0.15) is 90.4 Å². The summed E-state index contributed by atoms with van der Waals surface area (Å²) in [5.41, 5.74) is 8.21. The molecule has 8 rings (SSSR count). The molecular weight excluding hydrogens is 638 g/mol. The first-order valence-corrected chi connectivity index (χ1v) is 19.3. The highest BCUT2D eigenvalue weighted by Crippen LogP contribution is 2.44. The molecule has 0 bridgehead atoms. The first kappa shape index (κ1) is 33.8. The third-order valence-corrected chi connectivity index (χ3v) is 12.4. The molecule has 0 aromatic heterocycles. The van der Waals surface area contributed by atoms with Crippen molar-refractivity contribution in [1.29, 1.82) is 0 Å². The van der Waals surface area contributed by atoms with Gasteiger partial charge in [0.15, 0.2) is 0 Å². The van der Waals surface area contributed by atoms with Crippen molar-refractivity contribution in [2.45, 2.75) is 76.8 Å². The third kappa shape index (κ3) is 6.85. The quantitative estimate of drug-likeness (QED) is 0.294. The van der Waals surface area contributed by atoms with Crippen LogP contribution in [0.4, 0.5) is 11.4 Å². The number of phenolic OH excluding ortho intramolecular Hbond substituents is 1. The van der Waals surface area contributed by atoms with Gasteiger partial charge in [-0.2, -0.15) is 0 Å². The number of aryl methyl sites for hydroxylation is 1. The molecule has 51 heavy (non-hydrogen) atoms. The van der Waals surface area contributed by atoms with Crippen LogP contribution < -0.4 is 15.1 Å². The predicted molar refractivity (Wildman–Crippen MR) is 199 cm³/mol. The molecule has 3 saturated heterocycles. The van der Waals surface area contributed by atoms with Crippen molar-refractivity contribution in [2.75, 3.05) is 55.6 Å². The number of aromatic hydroxyl groups is 1. The summed E-state index contributed by atoms with van der Waals surface area (Å²) >= 11 is 0. The lowest BCUT2D eigenvalue weighted by Gasteiger charge is -2.40. The Hall–Kier alpha value is -4.37. The molecule has 9 heteroatoms. The summed E-state index contributed by atoms with van der Waals surface area (Å²) in [6.45, 7) is 10.0. The summed E-state index contributed by atoms with van der Waals surface area (Å²) in [7, 11) is 0. The minimum atomic E-state index is -0.581. The van der Waals surface area contributed by atoms with Gasteiger partial charge in [-0.1, -0.05) is 31.5 Å². The van der Waals surface area contributed by atoms with Crippen LogP contribution >= 0.6 is 0 Å². The Morgan fingerprint density at radius 2 is 1.51 bits per heavy atom. The standard InChI is InChI=1S/C42H51N5O4/c1-2-3-29-4-5-31-25-35(48)11-13-36(31)40(29)30-6-8-33(9-7-30)45-18-16-28(17-19-45)26-44-20-22-46(23-21-44)34-10-12-37-32(24-34)27-47(42(37)51)38-14-15-39(49)43-41(38)50/h6-13,24-25,28-29,38,40,48H,2-5,14-23,26-27H2,1H3,(H,43,49,50)/t29-,38+,40+/m0/s1. The molecule has 3 amide bonds. The highest BCUT2D eigenvalue weighted by atomic mass is 16.3. The number of fused-ring (bicyclic) bond motifs is 2. The molecule has 9 nitrogen and oxygen atoms in total. The normalized spacial score (nSPS) is 24.5. The molecule has 5 aliphatic rings. The Kier molecular flexibility index (Phi) is 9.49. The van der Waals surface area contributed by atoms with E-state index in [1.54, 1.807) is 4.90 Å². The minimum absolute atomic E-state index is 0.118. The van der Waals surface area contributed by atoms with E-state index >= 15 is 0 Å². The van der Waals surface area contributed by atoms with Gasteiger partial charge in [0.2, 0.25) is 11.8 Å². The van der Waals surface area contributed by atoms with Crippen molar-refractivity contribution in [2.24, 2.45) is 11.8 Å². The van der Waals surface area contributed by atoms with E-state index in [4.69, 9.17) is 0 Å². The number of imide groups is 1. The molecular formula is C42H51N5O4. The molecule has 3 atom stereocenters. The van der Waals surface area contributed by atoms with Crippen LogP contribution in [0.3, 0.4) is 0 Å². The first-order valence-electron chi connectivity index (χ1n) is 19.3. The zero-order valence-electron chi connectivity index (χ0n) is 29.9. The van der Waals surface area contributed by atoms with E-state index in [1.807, 2.05) is 24.3 Å². The lowest BCUT2D eigenvalue weighted by Crippen LogP contribution is -2.52. The van der Waals surface area contributed by atoms with Crippen LogP contribution in [0.25, 0.3) is 0 Å². The number of rotatable bonds is 8. The Bertz CT molecular complexity index is 1780. The van der Waals surface area contributed by atoms with Gasteiger partial charge in [-0.05, 0) is 115 Å². The first-order chi connectivity index (χ1) is 24.8. The fourth-order valence-electron chi connectivity index (χ4n) is 9.58. The van der Waals surface area contributed by atoms with Crippen LogP contribution in [-0.4, -0.2) is 84.5 Å². The number of hydrogen-bond acceptors (Lipinski definition) is 7. The van der Waals surface area contributed by atoms with Gasteiger partial charge in [0.1, 0.15) is 11.8 Å². The number of piperazine rings is 1. The molecule has 4 heterocycles. The second kappa shape index (κ2) is 14.3. The molecule has 0 unspecified atom stereocenters. The molecule has 0 spiro atoms. The van der Waals surface area contributed by atoms with Crippen LogP contribution in [0.15, 0.2) is 60.7 Å². The molecule has 0 radical (unpaired) electrons. The topological polar surface area (TPSA) is 96.4 Å². The molecule has 268 valence electrons. The highest BCUT2D eigenvalue weighted by Gasteiger charge is 2.39. The number of carbonyl (C=O) groups is 3. The van der Waals surface area contributed by atoms with E-state index in [2.05, 4.69) is 63.3 Å². The van der Waals surface area contributed by atoms with E-state index in [9.17, 15) is 19.5 Å². The summed E-state index contributed by atoms with van der Waals surface area (Å²) in [4.78, 5) is 46.4. The Labute approximate surface area is 301 Å². The van der Waals surface area contributed by atoms with E-state index in [0.717, 1.165) is 63.5 Å². The number of carbonyl (C=O) groups excluding carboxylic acids is 3. The maximum absolute atomic E-state index is 13.1. The third-order valence-electron chi connectivity index (χ3n) is 12.4. The van der Waals surface area contributed by atoms with Gasteiger partial charge in [0, 0.05) is 81.6 Å². The van der Waals surface area contributed by atoms with Gasteiger partial charge in [-0.25, -0.2) is 0 Å². The van der Waals surface area contributed by atoms with Crippen LogP contribution in [0.5, 0.6) is 5.75 Å². The Morgan fingerprint density at radius 1 is 0.765 bits per heavy atom. The molecule has 4 aliphatic heterocycles. The minimum Gasteiger partial charge on any atom is -0.508 e. The fraction of sp³-hybridized carbons (Fsp3) is 0.500. The van der Waals surface area contributed by atoms with E-state index < -0.39 is 6.04 Å². The second-order valence-electron chi connectivity index (χ2n) is 15.5. The number of anilines is 2. The average Bonchev–Trinajstić information content (AvgIpc) is 3.47. The maximum atomic E-state index is 13.1. The van der Waals surface area contributed by atoms with Crippen molar-refractivity contribution < 1.29 is 19.5 Å².